The summed E-state index contributed by atoms with van der Waals surface area (Å²) < 4.78 is 2.65. The number of hydrogen-bond donors (Lipinski definition) is 1. The first-order valence-electron chi connectivity index (χ1n) is 9.34. The maximum Gasteiger partial charge on any atom is 0.330 e. The van der Waals surface area contributed by atoms with Crippen LogP contribution in [0.2, 0.25) is 0 Å². The van der Waals surface area contributed by atoms with E-state index in [0.29, 0.717) is 17.9 Å². The minimum atomic E-state index is -0.788. The summed E-state index contributed by atoms with van der Waals surface area (Å²) in [5, 5.41) is 3.71. The van der Waals surface area contributed by atoms with Gasteiger partial charge in [0.2, 0.25) is 0 Å². The number of ketones is 1. The number of aromatic nitrogens is 4. The van der Waals surface area contributed by atoms with Crippen LogP contribution in [-0.2, 0) is 13.1 Å². The summed E-state index contributed by atoms with van der Waals surface area (Å²) in [6.07, 6.45) is 0. The third-order valence-corrected chi connectivity index (χ3v) is 5.54. The molecule has 2 N–H and O–H groups in total. The molecule has 0 atom stereocenters. The van der Waals surface area contributed by atoms with Crippen LogP contribution in [0.4, 0.5) is 0 Å². The van der Waals surface area contributed by atoms with Crippen molar-refractivity contribution in [3.63, 3.8) is 0 Å². The Hall–Kier alpha value is -3.59. The van der Waals surface area contributed by atoms with Crippen molar-refractivity contribution in [2.24, 2.45) is 5.73 Å². The molecule has 8 nitrogen and oxygen atoms in total. The van der Waals surface area contributed by atoms with Crippen LogP contribution in [0.25, 0.3) is 22.6 Å². The average molecular weight is 421 g/mol. The first-order valence-corrected chi connectivity index (χ1v) is 10.3. The van der Waals surface area contributed by atoms with Crippen molar-refractivity contribution in [1.82, 2.24) is 19.1 Å². The lowest BCUT2D eigenvalue weighted by Crippen LogP contribution is -2.27. The van der Waals surface area contributed by atoms with Gasteiger partial charge in [-0.25, -0.2) is 14.8 Å². The molecule has 9 heteroatoms. The predicted octanol–water partition coefficient (Wildman–Crippen LogP) is 2.63. The van der Waals surface area contributed by atoms with Crippen molar-refractivity contribution >= 4 is 34.2 Å². The molecule has 3 aromatic heterocycles. The van der Waals surface area contributed by atoms with E-state index < -0.39 is 11.6 Å². The molecule has 0 aliphatic rings. The van der Waals surface area contributed by atoms with Crippen LogP contribution in [0.3, 0.4) is 0 Å². The highest BCUT2D eigenvalue weighted by molar-refractivity contribution is 7.08. The predicted molar refractivity (Wildman–Crippen MR) is 115 cm³/mol. The van der Waals surface area contributed by atoms with Gasteiger partial charge in [-0.15, -0.1) is 0 Å². The molecule has 0 saturated carbocycles. The zero-order valence-electron chi connectivity index (χ0n) is 16.5. The number of nitrogens with zero attached hydrogens (tertiary/aromatic N) is 4. The molecule has 152 valence electrons. The fourth-order valence-electron chi connectivity index (χ4n) is 3.31. The van der Waals surface area contributed by atoms with E-state index in [1.54, 1.807) is 19.1 Å². The van der Waals surface area contributed by atoms with Gasteiger partial charge in [0, 0.05) is 23.1 Å². The fraction of sp³-hybridized carbons (Fsp3) is 0.190. The normalized spacial score (nSPS) is 11.1. The second-order valence-electron chi connectivity index (χ2n) is 6.85. The van der Waals surface area contributed by atoms with E-state index in [-0.39, 0.29) is 29.2 Å². The number of primary amides is 1. The summed E-state index contributed by atoms with van der Waals surface area (Å²) in [6.45, 7) is 3.80. The zero-order chi connectivity index (χ0) is 21.4. The number of aryl methyl sites for hydroxylation is 2. The molecule has 0 spiro atoms. The molecule has 4 rings (SSSR count). The van der Waals surface area contributed by atoms with Gasteiger partial charge < -0.3 is 5.73 Å². The topological polar surface area (TPSA) is 113 Å². The Bertz CT molecular complexity index is 1320. The van der Waals surface area contributed by atoms with E-state index in [9.17, 15) is 14.4 Å². The number of benzene rings is 1. The van der Waals surface area contributed by atoms with Crippen LogP contribution in [0.1, 0.15) is 33.3 Å². The molecule has 30 heavy (non-hydrogen) atoms. The molecule has 0 bridgehead atoms. The van der Waals surface area contributed by atoms with Gasteiger partial charge in [0.15, 0.2) is 22.9 Å². The van der Waals surface area contributed by atoms with E-state index in [1.165, 1.54) is 20.5 Å². The Morgan fingerprint density at radius 2 is 1.83 bits per heavy atom. The Morgan fingerprint density at radius 1 is 1.10 bits per heavy atom. The summed E-state index contributed by atoms with van der Waals surface area (Å²) in [7, 11) is 0. The highest BCUT2D eigenvalue weighted by atomic mass is 32.1. The Balaban J connectivity index is 1.92. The minimum absolute atomic E-state index is 0.0813. The van der Waals surface area contributed by atoms with E-state index in [4.69, 9.17) is 5.73 Å². The molecule has 0 saturated heterocycles. The second kappa shape index (κ2) is 7.68. The van der Waals surface area contributed by atoms with Crippen LogP contribution in [0.15, 0.2) is 45.9 Å². The summed E-state index contributed by atoms with van der Waals surface area (Å²) in [5.74, 6) is -0.741. The molecule has 3 heterocycles. The summed E-state index contributed by atoms with van der Waals surface area (Å²) in [4.78, 5) is 47.0. The van der Waals surface area contributed by atoms with Crippen LogP contribution in [-0.4, -0.2) is 30.8 Å². The maximum absolute atomic E-state index is 13.1. The van der Waals surface area contributed by atoms with Crippen molar-refractivity contribution in [2.45, 2.75) is 26.9 Å². The van der Waals surface area contributed by atoms with E-state index in [1.807, 2.05) is 35.9 Å². The van der Waals surface area contributed by atoms with Gasteiger partial charge in [-0.2, -0.15) is 11.3 Å². The average Bonchev–Trinajstić information content (AvgIpc) is 3.35. The first-order chi connectivity index (χ1) is 14.4. The molecule has 0 aliphatic heterocycles. The Kier molecular flexibility index (Phi) is 5.04. The molecule has 4 aromatic rings. The number of hydrogen-bond acceptors (Lipinski definition) is 6. The summed E-state index contributed by atoms with van der Waals surface area (Å²) >= 11 is 1.46. The summed E-state index contributed by atoms with van der Waals surface area (Å²) in [5.41, 5.74) is 7.75. The molecule has 0 aliphatic carbocycles. The standard InChI is InChI=1S/C21H19N5O3S/c1-3-25-20-17(16(18(22)28)23-19(24-20)14-8-9-30-11-14)26(21(25)29)10-15(27)13-6-4-12(2)5-7-13/h4-9,11H,3,10H2,1-2H3,(H2,22,28). The van der Waals surface area contributed by atoms with Crippen LogP contribution in [0.5, 0.6) is 0 Å². The van der Waals surface area contributed by atoms with E-state index in [0.717, 1.165) is 11.1 Å². The molecule has 0 unspecified atom stereocenters. The number of carbonyl (C=O) groups excluding carboxylic acids is 2. The molecule has 0 fully saturated rings. The van der Waals surface area contributed by atoms with Crippen molar-refractivity contribution in [2.75, 3.05) is 0 Å². The number of imidazole rings is 1. The number of fused-ring (bicyclic) bond motifs is 1. The third-order valence-electron chi connectivity index (χ3n) is 4.86. The van der Waals surface area contributed by atoms with Gasteiger partial charge >= 0.3 is 5.69 Å². The van der Waals surface area contributed by atoms with Crippen molar-refractivity contribution in [1.29, 1.82) is 0 Å². The fourth-order valence-corrected chi connectivity index (χ4v) is 3.94. The smallest absolute Gasteiger partial charge is 0.330 e. The van der Waals surface area contributed by atoms with Crippen LogP contribution >= 0.6 is 11.3 Å². The van der Waals surface area contributed by atoms with Crippen LogP contribution in [0, 0.1) is 6.92 Å². The van der Waals surface area contributed by atoms with Crippen molar-refractivity contribution in [3.05, 3.63) is 68.4 Å². The molecular formula is C21H19N5O3S. The molecule has 1 amide bonds. The number of nitrogens with two attached hydrogens (primary N) is 1. The third kappa shape index (κ3) is 3.33. The van der Waals surface area contributed by atoms with Crippen molar-refractivity contribution < 1.29 is 9.59 Å². The highest BCUT2D eigenvalue weighted by Crippen LogP contribution is 2.23. The largest absolute Gasteiger partial charge is 0.364 e. The lowest BCUT2D eigenvalue weighted by Gasteiger charge is -2.07. The zero-order valence-corrected chi connectivity index (χ0v) is 17.3. The van der Waals surface area contributed by atoms with Gasteiger partial charge in [-0.05, 0) is 25.3 Å². The van der Waals surface area contributed by atoms with Gasteiger partial charge in [0.1, 0.15) is 5.52 Å². The van der Waals surface area contributed by atoms with Gasteiger partial charge in [0.05, 0.1) is 6.54 Å². The monoisotopic (exact) mass is 421 g/mol. The van der Waals surface area contributed by atoms with Gasteiger partial charge in [-0.3, -0.25) is 18.7 Å². The molecule has 1 aromatic carbocycles. The Labute approximate surface area is 175 Å². The number of thiophene rings is 1. The SMILES string of the molecule is CCn1c(=O)n(CC(=O)c2ccc(C)cc2)c2c(C(N)=O)nc(-c3ccsc3)nc21. The van der Waals surface area contributed by atoms with E-state index in [2.05, 4.69) is 9.97 Å². The van der Waals surface area contributed by atoms with Crippen molar-refractivity contribution in [3.8, 4) is 11.4 Å². The quantitative estimate of drug-likeness (QED) is 0.481. The minimum Gasteiger partial charge on any atom is -0.364 e. The first kappa shape index (κ1) is 19.7. The highest BCUT2D eigenvalue weighted by Gasteiger charge is 2.24. The molecule has 0 radical (unpaired) electrons. The lowest BCUT2D eigenvalue weighted by molar-refractivity contribution is 0.0966. The van der Waals surface area contributed by atoms with Crippen LogP contribution < -0.4 is 11.4 Å². The van der Waals surface area contributed by atoms with E-state index >= 15 is 0 Å². The maximum atomic E-state index is 13.1. The lowest BCUT2D eigenvalue weighted by atomic mass is 10.1. The number of rotatable bonds is 6. The summed E-state index contributed by atoms with van der Waals surface area (Å²) in [6, 6.07) is 8.90. The molecular weight excluding hydrogens is 402 g/mol. The Morgan fingerprint density at radius 3 is 2.43 bits per heavy atom. The second-order valence-corrected chi connectivity index (χ2v) is 7.63. The number of Topliss-reactive ketones (excluding diaryl/α,β-unsaturated/α-hetero) is 1. The number of carbonyl (C=O) groups is 2. The van der Waals surface area contributed by atoms with Gasteiger partial charge in [0.25, 0.3) is 5.91 Å². The number of amides is 1. The van der Waals surface area contributed by atoms with Gasteiger partial charge in [-0.1, -0.05) is 29.8 Å².